The van der Waals surface area contributed by atoms with E-state index in [1.54, 1.807) is 19.9 Å². The molecular weight excluding hydrogens is 362 g/mol. The van der Waals surface area contributed by atoms with E-state index in [-0.39, 0.29) is 19.6 Å². The summed E-state index contributed by atoms with van der Waals surface area (Å²) in [5.74, 6) is -1.82. The first-order valence-electron chi connectivity index (χ1n) is 9.07. The first-order chi connectivity index (χ1) is 13.4. The highest BCUT2D eigenvalue weighted by molar-refractivity contribution is 6.08. The van der Waals surface area contributed by atoms with Gasteiger partial charge in [-0.2, -0.15) is 0 Å². The number of hydrogen-bond acceptors (Lipinski definition) is 6. The molecule has 0 aliphatic carbocycles. The number of benzene rings is 2. The minimum Gasteiger partial charge on any atom is -0.496 e. The molecule has 0 unspecified atom stereocenters. The summed E-state index contributed by atoms with van der Waals surface area (Å²) in [5, 5.41) is 4.19. The Balaban J connectivity index is 2.70. The summed E-state index contributed by atoms with van der Waals surface area (Å²) in [6.45, 7) is 4.58. The quantitative estimate of drug-likeness (QED) is 0.552. The molecule has 0 atom stereocenters. The Hall–Kier alpha value is -3.09. The van der Waals surface area contributed by atoms with Gasteiger partial charge in [0.15, 0.2) is 0 Å². The largest absolute Gasteiger partial charge is 0.496 e. The van der Waals surface area contributed by atoms with Crippen LogP contribution in [-0.4, -0.2) is 43.7 Å². The van der Waals surface area contributed by atoms with Crippen LogP contribution in [0.15, 0.2) is 36.4 Å². The van der Waals surface area contributed by atoms with Crippen LogP contribution in [0.1, 0.15) is 26.3 Å². The minimum atomic E-state index is -2.02. The lowest BCUT2D eigenvalue weighted by atomic mass is 9.87. The van der Waals surface area contributed by atoms with Crippen molar-refractivity contribution in [3.05, 3.63) is 42.0 Å². The number of fused-ring (bicyclic) bond motifs is 1. The van der Waals surface area contributed by atoms with Gasteiger partial charge >= 0.3 is 11.9 Å². The highest BCUT2D eigenvalue weighted by atomic mass is 16.6. The number of amides is 1. The van der Waals surface area contributed by atoms with E-state index in [1.807, 2.05) is 30.3 Å². The highest BCUT2D eigenvalue weighted by Gasteiger charge is 2.50. The maximum atomic E-state index is 12.9. The van der Waals surface area contributed by atoms with Crippen LogP contribution in [0.5, 0.6) is 5.75 Å². The van der Waals surface area contributed by atoms with Crippen molar-refractivity contribution >= 4 is 28.6 Å². The van der Waals surface area contributed by atoms with E-state index in [9.17, 15) is 14.4 Å². The zero-order valence-corrected chi connectivity index (χ0v) is 16.5. The molecule has 2 aromatic rings. The first-order valence-corrected chi connectivity index (χ1v) is 9.07. The molecule has 1 amide bonds. The van der Waals surface area contributed by atoms with Gasteiger partial charge in [-0.25, -0.2) is 9.59 Å². The number of hydrogen-bond donors (Lipinski definition) is 1. The first kappa shape index (κ1) is 21.2. The molecule has 150 valence electrons. The lowest BCUT2D eigenvalue weighted by molar-refractivity contribution is -0.167. The van der Waals surface area contributed by atoms with Gasteiger partial charge in [-0.05, 0) is 30.7 Å². The molecule has 0 bridgehead atoms. The van der Waals surface area contributed by atoms with Gasteiger partial charge in [-0.15, -0.1) is 0 Å². The summed E-state index contributed by atoms with van der Waals surface area (Å²) in [4.78, 5) is 37.7. The SMILES string of the molecule is CCOC(=O)C(Cc1c(OC)ccc2ccccc12)(NC(C)=O)C(=O)OCC. The van der Waals surface area contributed by atoms with Gasteiger partial charge in [0.1, 0.15) is 5.75 Å². The van der Waals surface area contributed by atoms with E-state index in [0.29, 0.717) is 11.3 Å². The summed E-state index contributed by atoms with van der Waals surface area (Å²) in [6.07, 6.45) is -0.172. The predicted octanol–water partition coefficient (Wildman–Crippen LogP) is 2.39. The predicted molar refractivity (Wildman–Crippen MR) is 104 cm³/mol. The molecule has 0 saturated heterocycles. The van der Waals surface area contributed by atoms with Crippen molar-refractivity contribution in [2.45, 2.75) is 32.7 Å². The second-order valence-electron chi connectivity index (χ2n) is 6.17. The van der Waals surface area contributed by atoms with Gasteiger partial charge in [-0.1, -0.05) is 30.3 Å². The van der Waals surface area contributed by atoms with Crippen molar-refractivity contribution in [3.63, 3.8) is 0 Å². The fourth-order valence-corrected chi connectivity index (χ4v) is 3.14. The fourth-order valence-electron chi connectivity index (χ4n) is 3.14. The second-order valence-corrected chi connectivity index (χ2v) is 6.17. The highest BCUT2D eigenvalue weighted by Crippen LogP contribution is 2.32. The van der Waals surface area contributed by atoms with Crippen molar-refractivity contribution < 1.29 is 28.6 Å². The molecule has 2 rings (SSSR count). The van der Waals surface area contributed by atoms with Gasteiger partial charge in [0.2, 0.25) is 11.4 Å². The molecule has 0 heterocycles. The second kappa shape index (κ2) is 9.21. The Morgan fingerprint density at radius 2 is 1.57 bits per heavy atom. The molecule has 0 spiro atoms. The summed E-state index contributed by atoms with van der Waals surface area (Å²) < 4.78 is 15.7. The maximum Gasteiger partial charge on any atom is 0.344 e. The molecule has 0 saturated carbocycles. The average molecular weight is 387 g/mol. The molecule has 0 aliphatic heterocycles. The molecule has 1 N–H and O–H groups in total. The Morgan fingerprint density at radius 1 is 0.964 bits per heavy atom. The average Bonchev–Trinajstić information content (AvgIpc) is 2.67. The molecule has 7 heteroatoms. The van der Waals surface area contributed by atoms with Crippen LogP contribution in [0, 0.1) is 0 Å². The minimum absolute atomic E-state index is 0.0479. The smallest absolute Gasteiger partial charge is 0.344 e. The van der Waals surface area contributed by atoms with Crippen LogP contribution in [0.3, 0.4) is 0 Å². The molecule has 28 heavy (non-hydrogen) atoms. The Kier molecular flexibility index (Phi) is 6.98. The van der Waals surface area contributed by atoms with E-state index >= 15 is 0 Å². The van der Waals surface area contributed by atoms with Crippen LogP contribution < -0.4 is 10.1 Å². The topological polar surface area (TPSA) is 90.9 Å². The summed E-state index contributed by atoms with van der Waals surface area (Å²) in [7, 11) is 1.50. The third kappa shape index (κ3) is 4.24. The molecule has 0 fully saturated rings. The lowest BCUT2D eigenvalue weighted by Gasteiger charge is -2.30. The third-order valence-corrected chi connectivity index (χ3v) is 4.30. The van der Waals surface area contributed by atoms with E-state index < -0.39 is 23.4 Å². The van der Waals surface area contributed by atoms with Crippen molar-refractivity contribution in [1.82, 2.24) is 5.32 Å². The van der Waals surface area contributed by atoms with E-state index in [0.717, 1.165) is 10.8 Å². The number of ether oxygens (including phenoxy) is 3. The number of carbonyl (C=O) groups excluding carboxylic acids is 3. The van der Waals surface area contributed by atoms with Gasteiger partial charge in [0, 0.05) is 18.9 Å². The van der Waals surface area contributed by atoms with E-state index in [4.69, 9.17) is 14.2 Å². The zero-order valence-electron chi connectivity index (χ0n) is 16.5. The summed E-state index contributed by atoms with van der Waals surface area (Å²) in [5.41, 5.74) is -1.43. The molecule has 2 aromatic carbocycles. The van der Waals surface area contributed by atoms with Crippen molar-refractivity contribution in [2.75, 3.05) is 20.3 Å². The summed E-state index contributed by atoms with van der Waals surface area (Å²) in [6, 6.07) is 11.1. The Bertz CT molecular complexity index is 858. The Labute approximate surface area is 164 Å². The van der Waals surface area contributed by atoms with Gasteiger partial charge in [0.05, 0.1) is 20.3 Å². The van der Waals surface area contributed by atoms with Crippen molar-refractivity contribution in [1.29, 1.82) is 0 Å². The van der Waals surface area contributed by atoms with Crippen LogP contribution in [0.25, 0.3) is 10.8 Å². The lowest BCUT2D eigenvalue weighted by Crippen LogP contribution is -2.62. The number of carbonyl (C=O) groups is 3. The number of esters is 2. The molecule has 0 aromatic heterocycles. The van der Waals surface area contributed by atoms with Gasteiger partial charge in [0.25, 0.3) is 0 Å². The van der Waals surface area contributed by atoms with Crippen LogP contribution in [0.4, 0.5) is 0 Å². The monoisotopic (exact) mass is 387 g/mol. The van der Waals surface area contributed by atoms with Gasteiger partial charge in [-0.3, -0.25) is 4.79 Å². The molecule has 0 aliphatic rings. The third-order valence-electron chi connectivity index (χ3n) is 4.30. The van der Waals surface area contributed by atoms with Crippen molar-refractivity contribution in [2.24, 2.45) is 0 Å². The molecule has 7 nitrogen and oxygen atoms in total. The molecule has 0 radical (unpaired) electrons. The normalized spacial score (nSPS) is 11.0. The number of methoxy groups -OCH3 is 1. The van der Waals surface area contributed by atoms with Gasteiger partial charge < -0.3 is 19.5 Å². The van der Waals surface area contributed by atoms with Crippen LogP contribution in [-0.2, 0) is 30.3 Å². The fraction of sp³-hybridized carbons (Fsp3) is 0.381. The van der Waals surface area contributed by atoms with Crippen LogP contribution >= 0.6 is 0 Å². The number of nitrogens with one attached hydrogen (secondary N) is 1. The number of rotatable bonds is 8. The summed E-state index contributed by atoms with van der Waals surface area (Å²) >= 11 is 0. The van der Waals surface area contributed by atoms with E-state index in [1.165, 1.54) is 14.0 Å². The standard InChI is InChI=1S/C21H25NO6/c1-5-27-19(24)21(22-14(3)23,20(25)28-6-2)13-17-16-10-8-7-9-15(16)11-12-18(17)26-4/h7-12H,5-6,13H2,1-4H3,(H,22,23). The van der Waals surface area contributed by atoms with Crippen LogP contribution in [0.2, 0.25) is 0 Å². The molecular formula is C21H25NO6. The maximum absolute atomic E-state index is 12.9. The van der Waals surface area contributed by atoms with E-state index in [2.05, 4.69) is 5.32 Å². The van der Waals surface area contributed by atoms with Crippen molar-refractivity contribution in [3.8, 4) is 5.75 Å². The Morgan fingerprint density at radius 3 is 2.11 bits per heavy atom. The zero-order chi connectivity index (χ0) is 20.7.